The van der Waals surface area contributed by atoms with Crippen LogP contribution in [0.3, 0.4) is 0 Å². The summed E-state index contributed by atoms with van der Waals surface area (Å²) in [5, 5.41) is 0. The van der Waals surface area contributed by atoms with E-state index in [1.807, 2.05) is 24.5 Å². The molecule has 0 saturated carbocycles. The zero-order valence-corrected chi connectivity index (χ0v) is 6.69. The summed E-state index contributed by atoms with van der Waals surface area (Å²) >= 11 is 0. The average molecular weight is 162 g/mol. The molecule has 1 rings (SSSR count). The summed E-state index contributed by atoms with van der Waals surface area (Å²) in [6.07, 6.45) is 5.31. The first-order chi connectivity index (χ1) is 4.41. The number of hydrogen-bond donors (Lipinski definition) is 0. The normalized spacial score (nSPS) is 7.33. The summed E-state index contributed by atoms with van der Waals surface area (Å²) in [6, 6.07) is 5.72. The van der Waals surface area contributed by atoms with Crippen LogP contribution in [0.1, 0.15) is 0 Å². The SMILES string of the molecule is CSCl.c1ccncc1. The fourth-order valence-corrected chi connectivity index (χ4v) is 0.313. The molecule has 0 aliphatic rings. The molecule has 0 aliphatic carbocycles. The molecule has 0 spiro atoms. The Morgan fingerprint density at radius 2 is 1.67 bits per heavy atom. The van der Waals surface area contributed by atoms with Gasteiger partial charge in [0.1, 0.15) is 0 Å². The quantitative estimate of drug-likeness (QED) is 0.580. The van der Waals surface area contributed by atoms with Crippen LogP contribution in [0.4, 0.5) is 0 Å². The average Bonchev–Trinajstić information content (AvgIpc) is 1.93. The van der Waals surface area contributed by atoms with Crippen molar-refractivity contribution in [2.45, 2.75) is 0 Å². The molecule has 9 heavy (non-hydrogen) atoms. The van der Waals surface area contributed by atoms with Gasteiger partial charge in [0.05, 0.1) is 0 Å². The lowest BCUT2D eigenvalue weighted by atomic mass is 10.5. The molecule has 0 atom stereocenters. The lowest BCUT2D eigenvalue weighted by Crippen LogP contribution is -1.58. The molecule has 0 fully saturated rings. The van der Waals surface area contributed by atoms with Crippen LogP contribution < -0.4 is 0 Å². The third-order valence-electron chi connectivity index (χ3n) is 0.566. The Labute approximate surface area is 64.0 Å². The number of aromatic nitrogens is 1. The Kier molecular flexibility index (Phi) is 7.61. The lowest BCUT2D eigenvalue weighted by molar-refractivity contribution is 1.33. The van der Waals surface area contributed by atoms with Gasteiger partial charge in [-0.05, 0) is 29.1 Å². The van der Waals surface area contributed by atoms with Gasteiger partial charge in [-0.2, -0.15) is 0 Å². The van der Waals surface area contributed by atoms with Gasteiger partial charge in [0.2, 0.25) is 0 Å². The highest BCUT2D eigenvalue weighted by atomic mass is 35.7. The van der Waals surface area contributed by atoms with E-state index in [0.29, 0.717) is 0 Å². The molecule has 50 valence electrons. The van der Waals surface area contributed by atoms with Crippen LogP contribution in [-0.2, 0) is 0 Å². The first-order valence-electron chi connectivity index (χ1n) is 2.41. The van der Waals surface area contributed by atoms with Gasteiger partial charge in [-0.1, -0.05) is 17.0 Å². The van der Waals surface area contributed by atoms with Gasteiger partial charge in [-0.3, -0.25) is 4.98 Å². The monoisotopic (exact) mass is 161 g/mol. The van der Waals surface area contributed by atoms with Crippen molar-refractivity contribution in [2.75, 3.05) is 6.26 Å². The number of hydrogen-bond acceptors (Lipinski definition) is 2. The molecule has 1 aromatic heterocycles. The molecule has 1 heterocycles. The Morgan fingerprint density at radius 1 is 1.22 bits per heavy atom. The summed E-state index contributed by atoms with van der Waals surface area (Å²) in [7, 11) is 6.14. The third-order valence-corrected chi connectivity index (χ3v) is 0.566. The molecule has 0 aliphatic heterocycles. The van der Waals surface area contributed by atoms with E-state index in [0.717, 1.165) is 0 Å². The van der Waals surface area contributed by atoms with Crippen molar-refractivity contribution in [2.24, 2.45) is 0 Å². The van der Waals surface area contributed by atoms with Gasteiger partial charge >= 0.3 is 0 Å². The molecule has 3 heteroatoms. The van der Waals surface area contributed by atoms with Gasteiger partial charge < -0.3 is 0 Å². The van der Waals surface area contributed by atoms with Gasteiger partial charge in [-0.25, -0.2) is 0 Å². The van der Waals surface area contributed by atoms with Crippen molar-refractivity contribution in [3.8, 4) is 0 Å². The second kappa shape index (κ2) is 7.79. The minimum absolute atomic E-state index is 1.22. The van der Waals surface area contributed by atoms with Crippen LogP contribution >= 0.6 is 21.7 Å². The summed E-state index contributed by atoms with van der Waals surface area (Å²) < 4.78 is 0. The summed E-state index contributed by atoms with van der Waals surface area (Å²) in [5.74, 6) is 0. The van der Waals surface area contributed by atoms with Crippen molar-refractivity contribution in [1.82, 2.24) is 4.98 Å². The lowest BCUT2D eigenvalue weighted by Gasteiger charge is -1.70. The van der Waals surface area contributed by atoms with Crippen molar-refractivity contribution < 1.29 is 0 Å². The van der Waals surface area contributed by atoms with Crippen molar-refractivity contribution in [3.05, 3.63) is 30.6 Å². The first kappa shape index (κ1) is 8.79. The molecule has 0 unspecified atom stereocenters. The second-order valence-corrected chi connectivity index (χ2v) is 2.41. The molecule has 0 N–H and O–H groups in total. The molecule has 0 radical (unpaired) electrons. The molecular formula is C6H8ClNS. The molecule has 1 nitrogen and oxygen atoms in total. The van der Waals surface area contributed by atoms with Crippen LogP contribution in [-0.4, -0.2) is 11.2 Å². The Morgan fingerprint density at radius 3 is 1.78 bits per heavy atom. The van der Waals surface area contributed by atoms with E-state index in [4.69, 9.17) is 10.7 Å². The van der Waals surface area contributed by atoms with E-state index in [1.54, 1.807) is 12.4 Å². The van der Waals surface area contributed by atoms with Gasteiger partial charge in [-0.15, -0.1) is 0 Å². The van der Waals surface area contributed by atoms with E-state index in [2.05, 4.69) is 4.98 Å². The molecule has 0 saturated heterocycles. The van der Waals surface area contributed by atoms with Crippen LogP contribution in [0, 0.1) is 0 Å². The largest absolute Gasteiger partial charge is 0.265 e. The van der Waals surface area contributed by atoms with Gasteiger partial charge in [0.25, 0.3) is 0 Å². The number of rotatable bonds is 0. The van der Waals surface area contributed by atoms with Crippen LogP contribution in [0.15, 0.2) is 30.6 Å². The van der Waals surface area contributed by atoms with Gasteiger partial charge in [0.15, 0.2) is 0 Å². The Hall–Kier alpha value is -0.210. The van der Waals surface area contributed by atoms with E-state index >= 15 is 0 Å². The summed E-state index contributed by atoms with van der Waals surface area (Å²) in [6.45, 7) is 0. The van der Waals surface area contributed by atoms with Crippen molar-refractivity contribution >= 4 is 21.7 Å². The Bertz CT molecular complexity index is 95.9. The first-order valence-corrected chi connectivity index (χ1v) is 4.46. The minimum Gasteiger partial charge on any atom is -0.265 e. The van der Waals surface area contributed by atoms with Crippen molar-refractivity contribution in [1.29, 1.82) is 0 Å². The van der Waals surface area contributed by atoms with Crippen LogP contribution in [0.5, 0.6) is 0 Å². The molecule has 0 amide bonds. The number of nitrogens with zero attached hydrogens (tertiary/aromatic N) is 1. The molecule has 0 aromatic carbocycles. The second-order valence-electron chi connectivity index (χ2n) is 1.18. The maximum atomic E-state index is 4.92. The highest BCUT2D eigenvalue weighted by Gasteiger charge is 1.58. The zero-order valence-electron chi connectivity index (χ0n) is 5.12. The minimum atomic E-state index is 1.22. The highest BCUT2D eigenvalue weighted by Crippen LogP contribution is 1.93. The summed E-state index contributed by atoms with van der Waals surface area (Å²) in [5.41, 5.74) is 0. The number of pyridine rings is 1. The van der Waals surface area contributed by atoms with Crippen LogP contribution in [0.25, 0.3) is 0 Å². The maximum absolute atomic E-state index is 4.92. The predicted octanol–water partition coefficient (Wildman–Crippen LogP) is 2.58. The highest BCUT2D eigenvalue weighted by molar-refractivity contribution is 8.20. The predicted molar refractivity (Wildman–Crippen MR) is 43.6 cm³/mol. The fourth-order valence-electron chi connectivity index (χ4n) is 0.313. The van der Waals surface area contributed by atoms with Crippen LogP contribution in [0.2, 0.25) is 0 Å². The molecule has 1 aromatic rings. The van der Waals surface area contributed by atoms with E-state index < -0.39 is 0 Å². The molecular weight excluding hydrogens is 154 g/mol. The summed E-state index contributed by atoms with van der Waals surface area (Å²) in [4.78, 5) is 3.78. The third kappa shape index (κ3) is 7.79. The van der Waals surface area contributed by atoms with E-state index in [9.17, 15) is 0 Å². The fraction of sp³-hybridized carbons (Fsp3) is 0.167. The smallest absolute Gasteiger partial charge is 0.0267 e. The number of halogens is 1. The standard InChI is InChI=1S/C5H5N.CH3ClS/c1-2-4-6-5-3-1;1-3-2/h1-5H;1H3. The van der Waals surface area contributed by atoms with Crippen molar-refractivity contribution in [3.63, 3.8) is 0 Å². The zero-order chi connectivity index (χ0) is 6.95. The molecule has 0 bridgehead atoms. The van der Waals surface area contributed by atoms with E-state index in [1.165, 1.54) is 11.0 Å². The topological polar surface area (TPSA) is 12.9 Å². The maximum Gasteiger partial charge on any atom is 0.0267 e. The Balaban J connectivity index is 0.000000187. The van der Waals surface area contributed by atoms with Gasteiger partial charge in [0, 0.05) is 12.4 Å². The van der Waals surface area contributed by atoms with E-state index in [-0.39, 0.29) is 0 Å².